The second-order valence-corrected chi connectivity index (χ2v) is 6.99. The summed E-state index contributed by atoms with van der Waals surface area (Å²) < 4.78 is 5.49. The summed E-state index contributed by atoms with van der Waals surface area (Å²) in [6, 6.07) is 12.4. The number of guanidine groups is 1. The number of anilines is 1. The number of aromatic amines is 1. The molecule has 1 aliphatic carbocycles. The fourth-order valence-corrected chi connectivity index (χ4v) is 3.96. The van der Waals surface area contributed by atoms with Crippen LogP contribution in [-0.2, 0) is 19.3 Å². The van der Waals surface area contributed by atoms with Gasteiger partial charge in [-0.1, -0.05) is 18.2 Å². The van der Waals surface area contributed by atoms with E-state index < -0.39 is 0 Å². The summed E-state index contributed by atoms with van der Waals surface area (Å²) in [7, 11) is 1.70. The number of benzene rings is 2. The molecule has 140 valence electrons. The zero-order valence-electron chi connectivity index (χ0n) is 15.7. The minimum atomic E-state index is 0.473. The van der Waals surface area contributed by atoms with Crippen molar-refractivity contribution in [2.45, 2.75) is 32.1 Å². The van der Waals surface area contributed by atoms with E-state index in [1.54, 1.807) is 7.11 Å². The van der Waals surface area contributed by atoms with Gasteiger partial charge >= 0.3 is 0 Å². The number of nitrogens with one attached hydrogen (secondary N) is 2. The van der Waals surface area contributed by atoms with Crippen LogP contribution in [0.15, 0.2) is 47.6 Å². The second kappa shape index (κ2) is 7.74. The van der Waals surface area contributed by atoms with E-state index in [2.05, 4.69) is 39.6 Å². The number of aryl methyl sites for hydroxylation is 1. The number of fused-ring (bicyclic) bond motifs is 2. The van der Waals surface area contributed by atoms with Crippen molar-refractivity contribution in [1.29, 1.82) is 0 Å². The van der Waals surface area contributed by atoms with Crippen molar-refractivity contribution < 1.29 is 4.74 Å². The SMILES string of the molecule is COc1cccc2[nH]cc(CCN=C(N)Nc3cccc4c3CCCC4)c12. The fraction of sp³-hybridized carbons (Fsp3) is 0.318. The third kappa shape index (κ3) is 3.63. The van der Waals surface area contributed by atoms with Gasteiger partial charge < -0.3 is 20.8 Å². The fourth-order valence-electron chi connectivity index (χ4n) is 3.96. The molecule has 2 aromatic carbocycles. The summed E-state index contributed by atoms with van der Waals surface area (Å²) in [4.78, 5) is 7.83. The number of aliphatic imine (C=N–C) groups is 1. The van der Waals surface area contributed by atoms with E-state index in [9.17, 15) is 0 Å². The van der Waals surface area contributed by atoms with Gasteiger partial charge in [0.1, 0.15) is 5.75 Å². The zero-order chi connectivity index (χ0) is 18.6. The predicted molar refractivity (Wildman–Crippen MR) is 112 cm³/mol. The van der Waals surface area contributed by atoms with Gasteiger partial charge in [-0.05, 0) is 67.0 Å². The monoisotopic (exact) mass is 362 g/mol. The van der Waals surface area contributed by atoms with E-state index in [0.29, 0.717) is 12.5 Å². The molecule has 0 fully saturated rings. The number of hydrogen-bond donors (Lipinski definition) is 3. The first-order valence-corrected chi connectivity index (χ1v) is 9.57. The number of nitrogens with zero attached hydrogens (tertiary/aromatic N) is 1. The Balaban J connectivity index is 1.45. The molecule has 5 heteroatoms. The number of methoxy groups -OCH3 is 1. The number of aromatic nitrogens is 1. The molecule has 4 N–H and O–H groups in total. The molecule has 0 spiro atoms. The Labute approximate surface area is 159 Å². The van der Waals surface area contributed by atoms with Crippen molar-refractivity contribution >= 4 is 22.5 Å². The molecule has 3 aromatic rings. The summed E-state index contributed by atoms with van der Waals surface area (Å²) in [5.74, 6) is 1.36. The molecular formula is C22H26N4O. The summed E-state index contributed by atoms with van der Waals surface area (Å²) in [6.45, 7) is 0.624. The quantitative estimate of drug-likeness (QED) is 0.474. The molecule has 0 unspecified atom stereocenters. The summed E-state index contributed by atoms with van der Waals surface area (Å²) in [5, 5.41) is 4.43. The van der Waals surface area contributed by atoms with Crippen LogP contribution in [-0.4, -0.2) is 24.6 Å². The Kier molecular flexibility index (Phi) is 5.01. The van der Waals surface area contributed by atoms with Crippen LogP contribution in [0.4, 0.5) is 5.69 Å². The van der Waals surface area contributed by atoms with Gasteiger partial charge in [0, 0.05) is 29.3 Å². The lowest BCUT2D eigenvalue weighted by molar-refractivity contribution is 0.419. The molecule has 0 atom stereocenters. The lowest BCUT2D eigenvalue weighted by atomic mass is 9.90. The van der Waals surface area contributed by atoms with E-state index in [0.717, 1.165) is 41.6 Å². The lowest BCUT2D eigenvalue weighted by Gasteiger charge is -2.19. The van der Waals surface area contributed by atoms with E-state index in [-0.39, 0.29) is 0 Å². The van der Waals surface area contributed by atoms with Crippen LogP contribution < -0.4 is 15.8 Å². The molecule has 0 saturated carbocycles. The first-order chi connectivity index (χ1) is 13.3. The van der Waals surface area contributed by atoms with Gasteiger partial charge in [0.15, 0.2) is 5.96 Å². The van der Waals surface area contributed by atoms with Crippen LogP contribution in [0.2, 0.25) is 0 Å². The first kappa shape index (κ1) is 17.5. The van der Waals surface area contributed by atoms with Crippen LogP contribution in [0.25, 0.3) is 10.9 Å². The summed E-state index contributed by atoms with van der Waals surface area (Å²) in [6.07, 6.45) is 7.61. The molecule has 1 heterocycles. The average molecular weight is 362 g/mol. The maximum atomic E-state index is 6.15. The van der Waals surface area contributed by atoms with Crippen LogP contribution >= 0.6 is 0 Å². The van der Waals surface area contributed by atoms with Gasteiger partial charge in [-0.2, -0.15) is 0 Å². The second-order valence-electron chi connectivity index (χ2n) is 6.99. The number of H-pyrrole nitrogens is 1. The normalized spacial score (nSPS) is 14.2. The molecule has 27 heavy (non-hydrogen) atoms. The number of hydrogen-bond acceptors (Lipinski definition) is 2. The molecule has 1 aromatic heterocycles. The molecule has 0 amide bonds. The van der Waals surface area contributed by atoms with Crippen molar-refractivity contribution in [3.05, 3.63) is 59.3 Å². The highest BCUT2D eigenvalue weighted by molar-refractivity contribution is 5.93. The Morgan fingerprint density at radius 1 is 1.19 bits per heavy atom. The molecule has 0 bridgehead atoms. The number of nitrogens with two attached hydrogens (primary N) is 1. The smallest absolute Gasteiger partial charge is 0.193 e. The van der Waals surface area contributed by atoms with Crippen LogP contribution in [0.1, 0.15) is 29.5 Å². The molecule has 0 aliphatic heterocycles. The van der Waals surface area contributed by atoms with Crippen molar-refractivity contribution in [3.8, 4) is 5.75 Å². The van der Waals surface area contributed by atoms with Gasteiger partial charge in [-0.25, -0.2) is 0 Å². The third-order valence-corrected chi connectivity index (χ3v) is 5.29. The van der Waals surface area contributed by atoms with Gasteiger partial charge in [0.05, 0.1) is 7.11 Å². The molecular weight excluding hydrogens is 336 g/mol. The largest absolute Gasteiger partial charge is 0.496 e. The third-order valence-electron chi connectivity index (χ3n) is 5.29. The number of rotatable bonds is 5. The topological polar surface area (TPSA) is 75.4 Å². The highest BCUT2D eigenvalue weighted by atomic mass is 16.5. The maximum Gasteiger partial charge on any atom is 0.193 e. The number of ether oxygens (including phenoxy) is 1. The summed E-state index contributed by atoms with van der Waals surface area (Å²) in [5.41, 5.74) is 12.3. The van der Waals surface area contributed by atoms with Crippen molar-refractivity contribution in [2.24, 2.45) is 10.7 Å². The molecule has 0 radical (unpaired) electrons. The molecule has 4 rings (SSSR count). The Bertz CT molecular complexity index is 974. The summed E-state index contributed by atoms with van der Waals surface area (Å²) >= 11 is 0. The Morgan fingerprint density at radius 2 is 2.04 bits per heavy atom. The van der Waals surface area contributed by atoms with Crippen LogP contribution in [0.3, 0.4) is 0 Å². The zero-order valence-corrected chi connectivity index (χ0v) is 15.7. The highest BCUT2D eigenvalue weighted by Crippen LogP contribution is 2.29. The molecule has 1 aliphatic rings. The minimum absolute atomic E-state index is 0.473. The van der Waals surface area contributed by atoms with Crippen LogP contribution in [0.5, 0.6) is 5.75 Å². The van der Waals surface area contributed by atoms with Gasteiger partial charge in [0.2, 0.25) is 0 Å². The van der Waals surface area contributed by atoms with Crippen molar-refractivity contribution in [3.63, 3.8) is 0 Å². The van der Waals surface area contributed by atoms with E-state index in [4.69, 9.17) is 10.5 Å². The highest BCUT2D eigenvalue weighted by Gasteiger charge is 2.13. The minimum Gasteiger partial charge on any atom is -0.496 e. The molecule has 5 nitrogen and oxygen atoms in total. The molecule has 0 saturated heterocycles. The van der Waals surface area contributed by atoms with E-state index in [1.165, 1.54) is 29.5 Å². The van der Waals surface area contributed by atoms with Gasteiger partial charge in [-0.15, -0.1) is 0 Å². The lowest BCUT2D eigenvalue weighted by Crippen LogP contribution is -2.24. The Morgan fingerprint density at radius 3 is 2.93 bits per heavy atom. The average Bonchev–Trinajstić information content (AvgIpc) is 3.11. The van der Waals surface area contributed by atoms with Gasteiger partial charge in [0.25, 0.3) is 0 Å². The van der Waals surface area contributed by atoms with E-state index in [1.807, 2.05) is 18.3 Å². The van der Waals surface area contributed by atoms with E-state index >= 15 is 0 Å². The predicted octanol–water partition coefficient (Wildman–Crippen LogP) is 4.02. The first-order valence-electron chi connectivity index (χ1n) is 9.57. The maximum absolute atomic E-state index is 6.15. The van der Waals surface area contributed by atoms with Crippen LogP contribution in [0, 0.1) is 0 Å². The standard InChI is InChI=1S/C22H26N4O/c1-27-20-11-5-10-19-21(20)16(14-25-19)12-13-24-22(23)26-18-9-4-7-15-6-2-3-8-17(15)18/h4-5,7,9-11,14,25H,2-3,6,8,12-13H2,1H3,(H3,23,24,26). The van der Waals surface area contributed by atoms with Crippen molar-refractivity contribution in [2.75, 3.05) is 19.0 Å². The Hall–Kier alpha value is -2.95. The van der Waals surface area contributed by atoms with Crippen molar-refractivity contribution in [1.82, 2.24) is 4.98 Å². The van der Waals surface area contributed by atoms with Gasteiger partial charge in [-0.3, -0.25) is 4.99 Å².